The fraction of sp³-hybridized carbons (Fsp3) is 0.188. The molecule has 0 radical (unpaired) electrons. The number of amides is 1. The molecule has 1 aromatic carbocycles. The van der Waals surface area contributed by atoms with E-state index in [2.05, 4.69) is 9.97 Å². The Bertz CT molecular complexity index is 800. The number of furan rings is 1. The Hall–Kier alpha value is -2.34. The van der Waals surface area contributed by atoms with Gasteiger partial charge in [0.15, 0.2) is 11.6 Å². The van der Waals surface area contributed by atoms with Crippen molar-refractivity contribution >= 4 is 28.6 Å². The number of para-hydroxylation sites is 1. The summed E-state index contributed by atoms with van der Waals surface area (Å²) in [6.07, 6.45) is 1.59. The zero-order valence-electron chi connectivity index (χ0n) is 12.3. The largest absolute Gasteiger partial charge is 0.461 e. The second-order valence-electron chi connectivity index (χ2n) is 4.92. The Morgan fingerprint density at radius 2 is 2.00 bits per heavy atom. The summed E-state index contributed by atoms with van der Waals surface area (Å²) in [5.41, 5.74) is 0.837. The van der Waals surface area contributed by atoms with E-state index in [1.165, 1.54) is 11.8 Å². The van der Waals surface area contributed by atoms with E-state index in [4.69, 9.17) is 4.42 Å². The van der Waals surface area contributed by atoms with Gasteiger partial charge in [-0.3, -0.25) is 4.79 Å². The van der Waals surface area contributed by atoms with Crippen molar-refractivity contribution in [1.29, 1.82) is 0 Å². The minimum absolute atomic E-state index is 0.0484. The van der Waals surface area contributed by atoms with Gasteiger partial charge in [-0.15, -0.1) is 0 Å². The van der Waals surface area contributed by atoms with Crippen molar-refractivity contribution in [3.63, 3.8) is 0 Å². The summed E-state index contributed by atoms with van der Waals surface area (Å²) in [4.78, 5) is 22.5. The van der Waals surface area contributed by atoms with Gasteiger partial charge in [-0.25, -0.2) is 9.97 Å². The molecule has 112 valence electrons. The van der Waals surface area contributed by atoms with Crippen LogP contribution in [0.4, 0.5) is 0 Å². The molecule has 0 aliphatic rings. The van der Waals surface area contributed by atoms with Crippen molar-refractivity contribution in [3.8, 4) is 11.6 Å². The number of thioether (sulfide) groups is 1. The van der Waals surface area contributed by atoms with Crippen LogP contribution in [0.3, 0.4) is 0 Å². The molecule has 0 aliphatic heterocycles. The van der Waals surface area contributed by atoms with Crippen LogP contribution in [0.5, 0.6) is 0 Å². The maximum atomic E-state index is 11.8. The lowest BCUT2D eigenvalue weighted by molar-refractivity contribution is -0.125. The monoisotopic (exact) mass is 313 g/mol. The van der Waals surface area contributed by atoms with Crippen LogP contribution in [-0.4, -0.2) is 40.6 Å². The van der Waals surface area contributed by atoms with Crippen molar-refractivity contribution in [1.82, 2.24) is 14.9 Å². The molecule has 0 aliphatic carbocycles. The zero-order chi connectivity index (χ0) is 15.5. The van der Waals surface area contributed by atoms with E-state index in [9.17, 15) is 4.79 Å². The molecule has 3 rings (SSSR count). The van der Waals surface area contributed by atoms with Crippen LogP contribution in [0.1, 0.15) is 0 Å². The number of carbonyl (C=O) groups excluding carboxylic acids is 1. The second-order valence-corrected chi connectivity index (χ2v) is 5.89. The molecule has 2 heterocycles. The van der Waals surface area contributed by atoms with Crippen molar-refractivity contribution < 1.29 is 9.21 Å². The topological polar surface area (TPSA) is 59.2 Å². The van der Waals surface area contributed by atoms with E-state index in [0.717, 1.165) is 15.9 Å². The van der Waals surface area contributed by atoms with Crippen LogP contribution in [-0.2, 0) is 4.79 Å². The Morgan fingerprint density at radius 3 is 2.73 bits per heavy atom. The molecule has 2 aromatic heterocycles. The fourth-order valence-corrected chi connectivity index (χ4v) is 2.93. The average Bonchev–Trinajstić information content (AvgIpc) is 3.06. The van der Waals surface area contributed by atoms with Gasteiger partial charge in [-0.05, 0) is 18.2 Å². The highest BCUT2D eigenvalue weighted by atomic mass is 32.2. The molecule has 0 N–H and O–H groups in total. The molecule has 0 saturated heterocycles. The molecule has 0 bridgehead atoms. The first-order valence-electron chi connectivity index (χ1n) is 6.79. The maximum Gasteiger partial charge on any atom is 0.232 e. The molecule has 0 fully saturated rings. The summed E-state index contributed by atoms with van der Waals surface area (Å²) >= 11 is 1.41. The summed E-state index contributed by atoms with van der Waals surface area (Å²) < 4.78 is 5.38. The predicted molar refractivity (Wildman–Crippen MR) is 86.7 cm³/mol. The van der Waals surface area contributed by atoms with Crippen LogP contribution in [0.2, 0.25) is 0 Å². The predicted octanol–water partition coefficient (Wildman–Crippen LogP) is 3.07. The maximum absolute atomic E-state index is 11.8. The standard InChI is InChI=1S/C16H15N3O2S/c1-19(2)14(20)10-22-16-11-6-3-4-7-12(11)17-15(18-16)13-8-5-9-21-13/h3-9H,10H2,1-2H3. The van der Waals surface area contributed by atoms with Crippen LogP contribution in [0, 0.1) is 0 Å². The summed E-state index contributed by atoms with van der Waals surface area (Å²) in [5, 5.41) is 1.72. The van der Waals surface area contributed by atoms with E-state index in [1.807, 2.05) is 30.3 Å². The van der Waals surface area contributed by atoms with Gasteiger partial charge in [0.1, 0.15) is 5.03 Å². The van der Waals surface area contributed by atoms with Crippen molar-refractivity contribution in [2.75, 3.05) is 19.8 Å². The number of hydrogen-bond donors (Lipinski definition) is 0. The summed E-state index contributed by atoms with van der Waals surface area (Å²) in [7, 11) is 3.49. The number of aromatic nitrogens is 2. The van der Waals surface area contributed by atoms with Crippen LogP contribution in [0.25, 0.3) is 22.5 Å². The third-order valence-corrected chi connectivity index (χ3v) is 4.12. The molecule has 1 amide bonds. The molecule has 3 aromatic rings. The Morgan fingerprint density at radius 1 is 1.18 bits per heavy atom. The third-order valence-electron chi connectivity index (χ3n) is 3.14. The molecule has 0 atom stereocenters. The smallest absolute Gasteiger partial charge is 0.232 e. The Balaban J connectivity index is 2.01. The number of carbonyl (C=O) groups is 1. The van der Waals surface area contributed by atoms with E-state index in [1.54, 1.807) is 31.3 Å². The number of benzene rings is 1. The molecular formula is C16H15N3O2S. The average molecular weight is 313 g/mol. The van der Waals surface area contributed by atoms with Crippen molar-refractivity contribution in [2.45, 2.75) is 5.03 Å². The number of rotatable bonds is 4. The van der Waals surface area contributed by atoms with Crippen LogP contribution in [0.15, 0.2) is 52.1 Å². The number of nitrogens with zero attached hydrogens (tertiary/aromatic N) is 3. The molecule has 0 unspecified atom stereocenters. The molecule has 22 heavy (non-hydrogen) atoms. The molecular weight excluding hydrogens is 298 g/mol. The Labute approximate surface area is 132 Å². The lowest BCUT2D eigenvalue weighted by Crippen LogP contribution is -2.23. The zero-order valence-corrected chi connectivity index (χ0v) is 13.1. The highest BCUT2D eigenvalue weighted by Gasteiger charge is 2.13. The van der Waals surface area contributed by atoms with Crippen LogP contribution < -0.4 is 0 Å². The quantitative estimate of drug-likeness (QED) is 0.547. The lowest BCUT2D eigenvalue weighted by atomic mass is 10.2. The molecule has 0 saturated carbocycles. The molecule has 6 heteroatoms. The van der Waals surface area contributed by atoms with Gasteiger partial charge in [0.05, 0.1) is 17.5 Å². The van der Waals surface area contributed by atoms with Gasteiger partial charge in [0.2, 0.25) is 5.91 Å². The summed E-state index contributed by atoms with van der Waals surface area (Å²) in [6.45, 7) is 0. The van der Waals surface area contributed by atoms with Crippen LogP contribution >= 0.6 is 11.8 Å². The van der Waals surface area contributed by atoms with E-state index >= 15 is 0 Å². The van der Waals surface area contributed by atoms with Gasteiger partial charge in [-0.2, -0.15) is 0 Å². The van der Waals surface area contributed by atoms with Crippen molar-refractivity contribution in [2.24, 2.45) is 0 Å². The summed E-state index contributed by atoms with van der Waals surface area (Å²) in [6, 6.07) is 11.4. The first kappa shape index (κ1) is 14.6. The third kappa shape index (κ3) is 2.96. The van der Waals surface area contributed by atoms with Gasteiger partial charge in [-0.1, -0.05) is 30.0 Å². The van der Waals surface area contributed by atoms with Crippen molar-refractivity contribution in [3.05, 3.63) is 42.7 Å². The molecule has 0 spiro atoms. The highest BCUT2D eigenvalue weighted by Crippen LogP contribution is 2.28. The number of fused-ring (bicyclic) bond motifs is 1. The SMILES string of the molecule is CN(C)C(=O)CSc1nc(-c2ccco2)nc2ccccc12. The van der Waals surface area contributed by atoms with E-state index in [0.29, 0.717) is 17.3 Å². The normalized spacial score (nSPS) is 10.8. The van der Waals surface area contributed by atoms with Gasteiger partial charge in [0.25, 0.3) is 0 Å². The second kappa shape index (κ2) is 6.19. The summed E-state index contributed by atoms with van der Waals surface area (Å²) in [5.74, 6) is 1.54. The first-order chi connectivity index (χ1) is 10.6. The first-order valence-corrected chi connectivity index (χ1v) is 7.77. The lowest BCUT2D eigenvalue weighted by Gasteiger charge is -2.10. The van der Waals surface area contributed by atoms with E-state index in [-0.39, 0.29) is 5.91 Å². The van der Waals surface area contributed by atoms with Gasteiger partial charge >= 0.3 is 0 Å². The minimum Gasteiger partial charge on any atom is -0.461 e. The van der Waals surface area contributed by atoms with E-state index < -0.39 is 0 Å². The molecule has 5 nitrogen and oxygen atoms in total. The highest BCUT2D eigenvalue weighted by molar-refractivity contribution is 8.00. The van der Waals surface area contributed by atoms with Gasteiger partial charge in [0, 0.05) is 19.5 Å². The minimum atomic E-state index is 0.0484. The Kier molecular flexibility index (Phi) is 4.11. The van der Waals surface area contributed by atoms with Gasteiger partial charge < -0.3 is 9.32 Å². The fourth-order valence-electron chi connectivity index (χ4n) is 1.93. The number of hydrogen-bond acceptors (Lipinski definition) is 5.